The van der Waals surface area contributed by atoms with Crippen LogP contribution in [0.2, 0.25) is 0 Å². The molecule has 0 bridgehead atoms. The van der Waals surface area contributed by atoms with Crippen LogP contribution < -0.4 is 15.4 Å². The van der Waals surface area contributed by atoms with Crippen molar-refractivity contribution in [2.24, 2.45) is 0 Å². The fourth-order valence-electron chi connectivity index (χ4n) is 1.58. The van der Waals surface area contributed by atoms with E-state index in [9.17, 15) is 14.4 Å². The highest BCUT2D eigenvalue weighted by molar-refractivity contribution is 5.95. The topological polar surface area (TPSA) is 105 Å². The van der Waals surface area contributed by atoms with Crippen molar-refractivity contribution >= 4 is 17.9 Å². The second kappa shape index (κ2) is 7.28. The molecule has 0 saturated carbocycles. The van der Waals surface area contributed by atoms with Crippen molar-refractivity contribution in [1.82, 2.24) is 10.6 Å². The van der Waals surface area contributed by atoms with Crippen molar-refractivity contribution in [3.05, 3.63) is 29.3 Å². The van der Waals surface area contributed by atoms with Crippen molar-refractivity contribution in [3.63, 3.8) is 0 Å². The summed E-state index contributed by atoms with van der Waals surface area (Å²) in [6.07, 6.45) is 0. The van der Waals surface area contributed by atoms with E-state index in [4.69, 9.17) is 9.84 Å². The quantitative estimate of drug-likeness (QED) is 0.759. The molecule has 3 amide bonds. The molecule has 0 radical (unpaired) electrons. The summed E-state index contributed by atoms with van der Waals surface area (Å²) in [6, 6.07) is 3.71. The number of amides is 3. The maximum Gasteiger partial charge on any atom is 0.335 e. The Morgan fingerprint density at radius 3 is 2.48 bits per heavy atom. The maximum absolute atomic E-state index is 11.5. The third-order valence-electron chi connectivity index (χ3n) is 2.47. The molecule has 0 fully saturated rings. The van der Waals surface area contributed by atoms with E-state index in [1.54, 1.807) is 20.8 Å². The molecule has 1 aromatic carbocycles. The summed E-state index contributed by atoms with van der Waals surface area (Å²) in [5.74, 6) is -1.26. The number of ether oxygens (including phenoxy) is 1. The zero-order chi connectivity index (χ0) is 16.0. The molecule has 7 nitrogen and oxygen atoms in total. The Hall–Kier alpha value is -2.57. The van der Waals surface area contributed by atoms with Crippen LogP contribution in [0.3, 0.4) is 0 Å². The van der Waals surface area contributed by atoms with E-state index < -0.39 is 17.9 Å². The molecule has 0 atom stereocenters. The van der Waals surface area contributed by atoms with Gasteiger partial charge in [0.05, 0.1) is 5.56 Å². The van der Waals surface area contributed by atoms with Gasteiger partial charge in [0.2, 0.25) is 0 Å². The van der Waals surface area contributed by atoms with Gasteiger partial charge in [0, 0.05) is 6.04 Å². The Balaban J connectivity index is 2.52. The number of imide groups is 1. The molecule has 114 valence electrons. The number of hydrogen-bond acceptors (Lipinski definition) is 4. The Kier molecular flexibility index (Phi) is 5.71. The van der Waals surface area contributed by atoms with E-state index in [1.807, 2.05) is 0 Å². The van der Waals surface area contributed by atoms with Crippen LogP contribution in [0.1, 0.15) is 29.8 Å². The summed E-state index contributed by atoms with van der Waals surface area (Å²) in [4.78, 5) is 33.6. The van der Waals surface area contributed by atoms with Crippen LogP contribution in [0, 0.1) is 6.92 Å². The summed E-state index contributed by atoms with van der Waals surface area (Å²) in [5, 5.41) is 13.5. The smallest absolute Gasteiger partial charge is 0.335 e. The number of carboxylic acids is 1. The average Bonchev–Trinajstić information content (AvgIpc) is 2.34. The Bertz CT molecular complexity index is 554. The normalized spacial score (nSPS) is 10.1. The fraction of sp³-hybridized carbons (Fsp3) is 0.357. The number of urea groups is 1. The van der Waals surface area contributed by atoms with Gasteiger partial charge in [-0.1, -0.05) is 0 Å². The molecule has 0 saturated heterocycles. The van der Waals surface area contributed by atoms with E-state index in [0.717, 1.165) is 0 Å². The maximum atomic E-state index is 11.5. The van der Waals surface area contributed by atoms with Crippen LogP contribution in [-0.4, -0.2) is 35.7 Å². The van der Waals surface area contributed by atoms with Crippen molar-refractivity contribution < 1.29 is 24.2 Å². The minimum atomic E-state index is -1.03. The highest BCUT2D eigenvalue weighted by Gasteiger charge is 2.11. The predicted molar refractivity (Wildman–Crippen MR) is 75.4 cm³/mol. The summed E-state index contributed by atoms with van der Waals surface area (Å²) in [7, 11) is 0. The van der Waals surface area contributed by atoms with Gasteiger partial charge in [-0.25, -0.2) is 9.59 Å². The van der Waals surface area contributed by atoms with Gasteiger partial charge in [-0.15, -0.1) is 0 Å². The highest BCUT2D eigenvalue weighted by atomic mass is 16.5. The SMILES string of the molecule is Cc1cc(OCC(=O)NC(=O)NC(C)C)ccc1C(=O)O. The molecule has 21 heavy (non-hydrogen) atoms. The first kappa shape index (κ1) is 16.5. The van der Waals surface area contributed by atoms with Crippen molar-refractivity contribution in [1.29, 1.82) is 0 Å². The van der Waals surface area contributed by atoms with Crippen molar-refractivity contribution in [3.8, 4) is 5.75 Å². The lowest BCUT2D eigenvalue weighted by atomic mass is 10.1. The Morgan fingerprint density at radius 2 is 1.95 bits per heavy atom. The third kappa shape index (κ3) is 5.52. The number of benzene rings is 1. The molecule has 0 heterocycles. The molecule has 0 aromatic heterocycles. The summed E-state index contributed by atoms with van der Waals surface area (Å²) in [5.41, 5.74) is 0.695. The summed E-state index contributed by atoms with van der Waals surface area (Å²) < 4.78 is 5.20. The van der Waals surface area contributed by atoms with E-state index in [1.165, 1.54) is 18.2 Å². The number of nitrogens with one attached hydrogen (secondary N) is 2. The molecule has 1 rings (SSSR count). The molecule has 7 heteroatoms. The molecule has 0 unspecified atom stereocenters. The van der Waals surface area contributed by atoms with Gasteiger partial charge in [0.15, 0.2) is 6.61 Å². The number of carbonyl (C=O) groups excluding carboxylic acids is 2. The van der Waals surface area contributed by atoms with Crippen LogP contribution in [0.5, 0.6) is 5.75 Å². The lowest BCUT2D eigenvalue weighted by Crippen LogP contribution is -2.44. The van der Waals surface area contributed by atoms with Crippen LogP contribution in [-0.2, 0) is 4.79 Å². The Morgan fingerprint density at radius 1 is 1.29 bits per heavy atom. The second-order valence-corrected chi connectivity index (χ2v) is 4.75. The number of carboxylic acid groups (broad SMARTS) is 1. The van der Waals surface area contributed by atoms with Gasteiger partial charge in [-0.3, -0.25) is 10.1 Å². The average molecular weight is 294 g/mol. The van der Waals surface area contributed by atoms with E-state index in [0.29, 0.717) is 11.3 Å². The van der Waals surface area contributed by atoms with Crippen LogP contribution in [0.4, 0.5) is 4.79 Å². The molecule has 0 aliphatic heterocycles. The van der Waals surface area contributed by atoms with Crippen LogP contribution in [0.25, 0.3) is 0 Å². The Labute approximate surface area is 122 Å². The monoisotopic (exact) mass is 294 g/mol. The molecule has 3 N–H and O–H groups in total. The molecule has 0 aliphatic rings. The first-order valence-corrected chi connectivity index (χ1v) is 6.36. The summed E-state index contributed by atoms with van der Waals surface area (Å²) >= 11 is 0. The van der Waals surface area contributed by atoms with Gasteiger partial charge < -0.3 is 15.2 Å². The summed E-state index contributed by atoms with van der Waals surface area (Å²) in [6.45, 7) is 4.84. The third-order valence-corrected chi connectivity index (χ3v) is 2.47. The zero-order valence-corrected chi connectivity index (χ0v) is 12.1. The van der Waals surface area contributed by atoms with Crippen LogP contribution in [0.15, 0.2) is 18.2 Å². The number of hydrogen-bond donors (Lipinski definition) is 3. The van der Waals surface area contributed by atoms with Gasteiger partial charge in [-0.05, 0) is 44.5 Å². The zero-order valence-electron chi connectivity index (χ0n) is 12.1. The van der Waals surface area contributed by atoms with Crippen molar-refractivity contribution in [2.75, 3.05) is 6.61 Å². The number of carbonyl (C=O) groups is 3. The second-order valence-electron chi connectivity index (χ2n) is 4.75. The largest absolute Gasteiger partial charge is 0.484 e. The van der Waals surface area contributed by atoms with E-state index >= 15 is 0 Å². The standard InChI is InChI=1S/C14H18N2O5/c1-8(2)15-14(20)16-12(17)7-21-10-4-5-11(13(18)19)9(3)6-10/h4-6,8H,7H2,1-3H3,(H,18,19)(H2,15,16,17,20). The number of aryl methyl sites for hydroxylation is 1. The van der Waals surface area contributed by atoms with E-state index in [-0.39, 0.29) is 18.2 Å². The minimum Gasteiger partial charge on any atom is -0.484 e. The lowest BCUT2D eigenvalue weighted by molar-refractivity contribution is -0.122. The first-order chi connectivity index (χ1) is 9.79. The molecular weight excluding hydrogens is 276 g/mol. The van der Waals surface area contributed by atoms with Gasteiger partial charge in [-0.2, -0.15) is 0 Å². The number of aromatic carboxylic acids is 1. The van der Waals surface area contributed by atoms with Gasteiger partial charge in [0.25, 0.3) is 5.91 Å². The lowest BCUT2D eigenvalue weighted by Gasteiger charge is -2.10. The molecular formula is C14H18N2O5. The van der Waals surface area contributed by atoms with E-state index in [2.05, 4.69) is 10.6 Å². The number of rotatable bonds is 5. The highest BCUT2D eigenvalue weighted by Crippen LogP contribution is 2.17. The predicted octanol–water partition coefficient (Wildman–Crippen LogP) is 1.31. The molecule has 0 aliphatic carbocycles. The minimum absolute atomic E-state index is 0.0788. The molecule has 1 aromatic rings. The van der Waals surface area contributed by atoms with Gasteiger partial charge in [0.1, 0.15) is 5.75 Å². The first-order valence-electron chi connectivity index (χ1n) is 6.36. The van der Waals surface area contributed by atoms with Crippen molar-refractivity contribution in [2.45, 2.75) is 26.8 Å². The van der Waals surface area contributed by atoms with Crippen LogP contribution >= 0.6 is 0 Å². The molecule has 0 spiro atoms. The van der Waals surface area contributed by atoms with Gasteiger partial charge >= 0.3 is 12.0 Å². The fourth-order valence-corrected chi connectivity index (χ4v) is 1.58.